The molecule has 0 bridgehead atoms. The fraction of sp³-hybridized carbons (Fsp3) is 0.221. The summed E-state index contributed by atoms with van der Waals surface area (Å²) in [5.41, 5.74) is 49.4. The molecule has 0 aliphatic heterocycles. The Morgan fingerprint density at radius 3 is 0.926 bits per heavy atom. The summed E-state index contributed by atoms with van der Waals surface area (Å²) >= 11 is 0. The number of hydrogen-bond acceptors (Lipinski definition) is 4. The number of fused-ring (bicyclic) bond motifs is 14. The van der Waals surface area contributed by atoms with Crippen molar-refractivity contribution in [3.63, 3.8) is 0 Å². The number of pyridine rings is 8. The van der Waals surface area contributed by atoms with Crippen LogP contribution in [0.4, 0.5) is 4.39 Å². The Labute approximate surface area is 719 Å². The van der Waals surface area contributed by atoms with E-state index < -0.39 is 0 Å². The van der Waals surface area contributed by atoms with Crippen molar-refractivity contribution in [2.45, 2.75) is 137 Å². The average molecular weight is 1600 g/mol. The lowest BCUT2D eigenvalue weighted by molar-refractivity contribution is -0.660. The maximum absolute atomic E-state index is 13.4. The van der Waals surface area contributed by atoms with Crippen LogP contribution in [0.3, 0.4) is 0 Å². The SMILES string of the molecule is Cc1cc(-c2c(C)ccc3c2C(C)(C)c2ncccc2-3)[n+](C)cc1-c1ccc(F)cc1.Cc1cc(-c2c(C)ccc3c2C(C)(C)c2ncccc2-3)[n+](C)cc1-c1ccccc1.Cc1cc(-c2c(C)ccc3c2C(C)(C)c2ncccc2-3)[n+](C)cc1-c1ccccc1.Cc1ccc2c(c1-c1cc(-c3ccccc3)cc[n+]1C)C1(CCCC1)c1ncccc1-2. The van der Waals surface area contributed by atoms with E-state index in [1.54, 1.807) is 0 Å². The Morgan fingerprint density at radius 1 is 0.262 bits per heavy atom. The van der Waals surface area contributed by atoms with Gasteiger partial charge in [-0.1, -0.05) is 230 Å². The van der Waals surface area contributed by atoms with Gasteiger partial charge in [0, 0.05) is 116 Å². The maximum atomic E-state index is 13.4. The van der Waals surface area contributed by atoms with Gasteiger partial charge < -0.3 is 0 Å². The van der Waals surface area contributed by atoms with Crippen LogP contribution in [-0.4, -0.2) is 19.9 Å². The molecule has 0 saturated heterocycles. The van der Waals surface area contributed by atoms with Gasteiger partial charge in [0.25, 0.3) is 0 Å². The van der Waals surface area contributed by atoms with Crippen LogP contribution >= 0.6 is 0 Å². The van der Waals surface area contributed by atoms with Crippen LogP contribution in [0.25, 0.3) is 134 Å². The molecule has 5 aliphatic carbocycles. The van der Waals surface area contributed by atoms with Crippen LogP contribution in [0.5, 0.6) is 0 Å². The monoisotopic (exact) mass is 1590 g/mol. The molecule has 122 heavy (non-hydrogen) atoms. The molecule has 602 valence electrons. The number of nitrogens with zero attached hydrogens (tertiary/aromatic N) is 8. The molecule has 8 aromatic carbocycles. The second-order valence-electron chi connectivity index (χ2n) is 36.1. The van der Waals surface area contributed by atoms with Crippen molar-refractivity contribution in [2.24, 2.45) is 28.2 Å². The van der Waals surface area contributed by atoms with Gasteiger partial charge in [-0.05, 0) is 209 Å². The molecule has 8 nitrogen and oxygen atoms in total. The molecule has 1 spiro atoms. The standard InChI is InChI=1S/C29H27N2.C28H26FN2.2C28H27N2/c1-20-12-13-23-24-11-8-17-30-28(24)29(15-6-7-16-29)27(23)26(20)25-19-22(14-18-31(25)2)21-9-4-3-5-10-21;1-17-8-13-21-22-7-6-14-30-27(22)28(3,4)26(21)25(17)24-15-18(2)23(16-31(24)5)19-9-11-20(29)12-10-19;2*1-18-13-14-21-22-12-9-15-29-27(22)28(3,4)26(21)25(18)24-16-19(2)23(17-30(24)5)20-10-7-6-8-11-20/h3-5,8-14,17-19H,6-7,15-16H2,1-2H3;6-16H,1-5H3;2*6-17H,1-5H3/q4*+1. The van der Waals surface area contributed by atoms with Crippen LogP contribution in [0.15, 0.2) is 292 Å². The maximum Gasteiger partial charge on any atom is 0.213 e. The molecule has 16 aromatic rings. The van der Waals surface area contributed by atoms with Gasteiger partial charge in [-0.25, -0.2) is 22.7 Å². The first kappa shape index (κ1) is 80.0. The van der Waals surface area contributed by atoms with Crippen molar-refractivity contribution in [1.82, 2.24) is 19.9 Å². The van der Waals surface area contributed by atoms with Gasteiger partial charge in [0.05, 0.1) is 45.0 Å². The van der Waals surface area contributed by atoms with Crippen molar-refractivity contribution in [1.29, 1.82) is 0 Å². The van der Waals surface area contributed by atoms with Gasteiger partial charge in [0.15, 0.2) is 24.8 Å². The highest BCUT2D eigenvalue weighted by Crippen LogP contribution is 2.60. The number of hydrogen-bond donors (Lipinski definition) is 0. The van der Waals surface area contributed by atoms with Gasteiger partial charge in [-0.15, -0.1) is 0 Å². The molecule has 0 unspecified atom stereocenters. The zero-order valence-corrected chi connectivity index (χ0v) is 73.5. The Hall–Kier alpha value is -13.1. The minimum atomic E-state index is -0.215. The van der Waals surface area contributed by atoms with Gasteiger partial charge in [0.1, 0.15) is 34.0 Å². The lowest BCUT2D eigenvalue weighted by Gasteiger charge is -2.27. The quantitative estimate of drug-likeness (QED) is 0.142. The zero-order valence-electron chi connectivity index (χ0n) is 73.5. The Balaban J connectivity index is 0.000000111. The Morgan fingerprint density at radius 2 is 0.566 bits per heavy atom. The largest absolute Gasteiger partial charge is 0.260 e. The van der Waals surface area contributed by atoms with Crippen molar-refractivity contribution in [3.05, 3.63) is 382 Å². The summed E-state index contributed by atoms with van der Waals surface area (Å²) in [4.78, 5) is 19.3. The molecule has 1 saturated carbocycles. The number of aryl methyl sites for hydroxylation is 11. The summed E-state index contributed by atoms with van der Waals surface area (Å²) in [5.74, 6) is -0.215. The first-order valence-electron chi connectivity index (χ1n) is 43.1. The predicted octanol–water partition coefficient (Wildman–Crippen LogP) is 25.0. The summed E-state index contributed by atoms with van der Waals surface area (Å²) in [6.07, 6.45) is 21.5. The lowest BCUT2D eigenvalue weighted by atomic mass is 9.75. The van der Waals surface area contributed by atoms with E-state index in [2.05, 4.69) is 361 Å². The lowest BCUT2D eigenvalue weighted by Crippen LogP contribution is -2.32. The van der Waals surface area contributed by atoms with Crippen LogP contribution in [0, 0.1) is 54.3 Å². The van der Waals surface area contributed by atoms with Crippen molar-refractivity contribution >= 4 is 0 Å². The molecule has 8 aromatic heterocycles. The minimum Gasteiger partial charge on any atom is -0.260 e. The van der Waals surface area contributed by atoms with E-state index >= 15 is 0 Å². The van der Waals surface area contributed by atoms with E-state index in [4.69, 9.17) is 19.9 Å². The Bertz CT molecular complexity index is 6650. The van der Waals surface area contributed by atoms with Gasteiger partial charge in [0.2, 0.25) is 22.8 Å². The molecule has 0 radical (unpaired) electrons. The number of benzene rings is 8. The van der Waals surface area contributed by atoms with E-state index in [0.717, 1.165) is 16.8 Å². The van der Waals surface area contributed by atoms with E-state index in [-0.39, 0.29) is 27.5 Å². The fourth-order valence-corrected chi connectivity index (χ4v) is 21.2. The highest BCUT2D eigenvalue weighted by molar-refractivity contribution is 5.93. The summed E-state index contributed by atoms with van der Waals surface area (Å²) < 4.78 is 22.5. The van der Waals surface area contributed by atoms with E-state index in [1.807, 2.05) is 55.1 Å². The third-order valence-electron chi connectivity index (χ3n) is 27.1. The molecule has 8 heterocycles. The fourth-order valence-electron chi connectivity index (χ4n) is 21.2. The topological polar surface area (TPSA) is 67.1 Å². The molecule has 5 aliphatic rings. The summed E-state index contributed by atoms with van der Waals surface area (Å²) in [6.45, 7) is 29.2. The summed E-state index contributed by atoms with van der Waals surface area (Å²) in [5, 5.41) is 0. The molecule has 1 fully saturated rings. The smallest absolute Gasteiger partial charge is 0.213 e. The van der Waals surface area contributed by atoms with E-state index in [0.29, 0.717) is 0 Å². The van der Waals surface area contributed by atoms with Gasteiger partial charge >= 0.3 is 0 Å². The van der Waals surface area contributed by atoms with E-state index in [1.165, 1.54) is 239 Å². The van der Waals surface area contributed by atoms with E-state index in [9.17, 15) is 4.39 Å². The number of rotatable bonds is 8. The van der Waals surface area contributed by atoms with Gasteiger partial charge in [-0.3, -0.25) is 19.9 Å². The van der Waals surface area contributed by atoms with Crippen molar-refractivity contribution in [3.8, 4) is 134 Å². The third kappa shape index (κ3) is 13.4. The van der Waals surface area contributed by atoms with Crippen LogP contribution in [-0.2, 0) is 49.9 Å². The molecule has 0 amide bonds. The summed E-state index contributed by atoms with van der Waals surface area (Å²) in [6, 6.07) is 85.4. The third-order valence-corrected chi connectivity index (χ3v) is 27.1. The minimum absolute atomic E-state index is 0.0586. The first-order chi connectivity index (χ1) is 58.8. The summed E-state index contributed by atoms with van der Waals surface area (Å²) in [7, 11) is 8.58. The second kappa shape index (κ2) is 31.2. The normalized spacial score (nSPS) is 14.3. The first-order valence-corrected chi connectivity index (χ1v) is 43.1. The highest BCUT2D eigenvalue weighted by Gasteiger charge is 2.50. The average Bonchev–Trinajstić information content (AvgIpc) is 1.54. The zero-order chi connectivity index (χ0) is 85.0. The molecular weight excluding hydrogens is 1490 g/mol. The predicted molar refractivity (Wildman–Crippen MR) is 496 cm³/mol. The van der Waals surface area contributed by atoms with Crippen molar-refractivity contribution < 1.29 is 22.7 Å². The van der Waals surface area contributed by atoms with Gasteiger partial charge in [-0.2, -0.15) is 0 Å². The molecular formula is C113H107FN8+4. The Kier molecular flexibility index (Phi) is 20.4. The second-order valence-corrected chi connectivity index (χ2v) is 36.1. The molecule has 21 rings (SSSR count). The van der Waals surface area contributed by atoms with Crippen molar-refractivity contribution in [2.75, 3.05) is 0 Å². The number of aromatic nitrogens is 8. The molecule has 0 atom stereocenters. The van der Waals surface area contributed by atoms with Crippen LogP contribution in [0.1, 0.15) is 151 Å². The highest BCUT2D eigenvalue weighted by atomic mass is 19.1. The molecule has 9 heteroatoms. The van der Waals surface area contributed by atoms with Crippen LogP contribution in [0.2, 0.25) is 0 Å². The molecule has 0 N–H and O–H groups in total. The number of halogens is 1. The van der Waals surface area contributed by atoms with Crippen LogP contribution < -0.4 is 18.3 Å².